The first kappa shape index (κ1) is 7.03. The molecule has 0 saturated heterocycles. The molecule has 0 heterocycles. The van der Waals surface area contributed by atoms with Gasteiger partial charge in [0.2, 0.25) is 0 Å². The van der Waals surface area contributed by atoms with Crippen LogP contribution in [0.4, 0.5) is 0 Å². The molecule has 2 N–H and O–H groups in total. The molecule has 0 aromatic rings. The molecule has 2 nitrogen and oxygen atoms in total. The summed E-state index contributed by atoms with van der Waals surface area (Å²) < 4.78 is 0. The van der Waals surface area contributed by atoms with Gasteiger partial charge in [0.1, 0.15) is 0 Å². The number of aliphatic hydroxyl groups excluding tert-OH is 2. The van der Waals surface area contributed by atoms with E-state index in [1.807, 2.05) is 13.8 Å². The Morgan fingerprint density at radius 3 is 2.00 bits per heavy atom. The second kappa shape index (κ2) is 1.96. The predicted octanol–water partition coefficient (Wildman–Crippen LogP) is 0.528. The predicted molar refractivity (Wildman–Crippen MR) is 35.0 cm³/mol. The van der Waals surface area contributed by atoms with Crippen molar-refractivity contribution in [1.82, 2.24) is 0 Å². The van der Waals surface area contributed by atoms with Gasteiger partial charge in [-0.05, 0) is 18.3 Å². The van der Waals surface area contributed by atoms with Crippen LogP contribution in [0.25, 0.3) is 0 Å². The molecule has 0 aliphatic heterocycles. The van der Waals surface area contributed by atoms with Crippen LogP contribution < -0.4 is 0 Å². The molecule has 1 aliphatic rings. The lowest BCUT2D eigenvalue weighted by Crippen LogP contribution is -2.30. The summed E-state index contributed by atoms with van der Waals surface area (Å²) in [6.45, 7) is 3.96. The largest absolute Gasteiger partial charge is 0.390 e. The van der Waals surface area contributed by atoms with Crippen molar-refractivity contribution in [3.63, 3.8) is 0 Å². The van der Waals surface area contributed by atoms with Gasteiger partial charge in [0.05, 0.1) is 12.2 Å². The van der Waals surface area contributed by atoms with Gasteiger partial charge in [0.25, 0.3) is 0 Å². The molecule has 0 spiro atoms. The van der Waals surface area contributed by atoms with Crippen molar-refractivity contribution in [2.24, 2.45) is 5.41 Å². The Labute approximate surface area is 55.5 Å². The summed E-state index contributed by atoms with van der Waals surface area (Å²) in [6.07, 6.45) is 0.668. The van der Waals surface area contributed by atoms with Crippen LogP contribution in [0.3, 0.4) is 0 Å². The van der Waals surface area contributed by atoms with Crippen molar-refractivity contribution in [3.8, 4) is 0 Å². The lowest BCUT2D eigenvalue weighted by atomic mass is 9.89. The molecule has 1 saturated carbocycles. The SMILES string of the molecule is CC1(C)CC[C@@H](O)[C@H]1O. The topological polar surface area (TPSA) is 40.5 Å². The van der Waals surface area contributed by atoms with Crippen LogP contribution in [0.15, 0.2) is 0 Å². The lowest BCUT2D eigenvalue weighted by molar-refractivity contribution is -0.00692. The van der Waals surface area contributed by atoms with Crippen molar-refractivity contribution in [3.05, 3.63) is 0 Å². The summed E-state index contributed by atoms with van der Waals surface area (Å²) in [7, 11) is 0. The van der Waals surface area contributed by atoms with E-state index in [9.17, 15) is 5.11 Å². The van der Waals surface area contributed by atoms with Crippen LogP contribution in [0.2, 0.25) is 0 Å². The lowest BCUT2D eigenvalue weighted by Gasteiger charge is -2.22. The highest BCUT2D eigenvalue weighted by molar-refractivity contribution is 4.90. The Kier molecular flexibility index (Phi) is 1.53. The fourth-order valence-electron chi connectivity index (χ4n) is 1.35. The molecule has 9 heavy (non-hydrogen) atoms. The average Bonchev–Trinajstić information content (AvgIpc) is 1.97. The highest BCUT2D eigenvalue weighted by Crippen LogP contribution is 2.37. The minimum absolute atomic E-state index is 0.0700. The molecule has 2 heteroatoms. The zero-order valence-electron chi connectivity index (χ0n) is 5.96. The van der Waals surface area contributed by atoms with E-state index in [1.54, 1.807) is 0 Å². The van der Waals surface area contributed by atoms with Crippen LogP contribution in [0, 0.1) is 5.41 Å². The van der Waals surface area contributed by atoms with Crippen LogP contribution in [0.1, 0.15) is 26.7 Å². The van der Waals surface area contributed by atoms with Gasteiger partial charge in [0.15, 0.2) is 0 Å². The van der Waals surface area contributed by atoms with Gasteiger partial charge in [-0.3, -0.25) is 0 Å². The molecule has 0 amide bonds. The van der Waals surface area contributed by atoms with E-state index in [4.69, 9.17) is 5.11 Å². The number of hydrogen-bond donors (Lipinski definition) is 2. The molecule has 0 aromatic heterocycles. The van der Waals surface area contributed by atoms with Gasteiger partial charge >= 0.3 is 0 Å². The minimum atomic E-state index is -0.516. The standard InChI is InChI=1S/C7H14O2/c1-7(2)4-3-5(8)6(7)9/h5-6,8-9H,3-4H2,1-2H3/t5-,6-/m1/s1. The maximum Gasteiger partial charge on any atom is 0.0849 e. The molecule has 1 aliphatic carbocycles. The minimum Gasteiger partial charge on any atom is -0.390 e. The molecule has 0 bridgehead atoms. The van der Waals surface area contributed by atoms with Gasteiger partial charge < -0.3 is 10.2 Å². The summed E-state index contributed by atoms with van der Waals surface area (Å²) in [5, 5.41) is 18.4. The van der Waals surface area contributed by atoms with Gasteiger partial charge in [-0.15, -0.1) is 0 Å². The summed E-state index contributed by atoms with van der Waals surface area (Å²) in [5.41, 5.74) is -0.0700. The number of aliphatic hydroxyl groups is 2. The van der Waals surface area contributed by atoms with Crippen LogP contribution in [-0.4, -0.2) is 22.4 Å². The molecule has 0 aromatic carbocycles. The fourth-order valence-corrected chi connectivity index (χ4v) is 1.35. The van der Waals surface area contributed by atoms with E-state index in [1.165, 1.54) is 0 Å². The Bertz CT molecular complexity index is 109. The quantitative estimate of drug-likeness (QED) is 0.502. The van der Waals surface area contributed by atoms with Crippen molar-refractivity contribution >= 4 is 0 Å². The molecule has 2 atom stereocenters. The number of hydrogen-bond acceptors (Lipinski definition) is 2. The van der Waals surface area contributed by atoms with Crippen molar-refractivity contribution in [1.29, 1.82) is 0 Å². The summed E-state index contributed by atoms with van der Waals surface area (Å²) in [5.74, 6) is 0. The van der Waals surface area contributed by atoms with Gasteiger partial charge in [-0.2, -0.15) is 0 Å². The van der Waals surface area contributed by atoms with E-state index in [0.717, 1.165) is 12.8 Å². The fraction of sp³-hybridized carbons (Fsp3) is 1.00. The Hall–Kier alpha value is -0.0800. The van der Waals surface area contributed by atoms with E-state index < -0.39 is 12.2 Å². The van der Waals surface area contributed by atoms with E-state index >= 15 is 0 Å². The second-order valence-electron chi connectivity index (χ2n) is 3.54. The van der Waals surface area contributed by atoms with Crippen LogP contribution in [-0.2, 0) is 0 Å². The normalized spacial score (nSPS) is 41.3. The Balaban J connectivity index is 2.62. The monoisotopic (exact) mass is 130 g/mol. The van der Waals surface area contributed by atoms with E-state index in [-0.39, 0.29) is 5.41 Å². The molecule has 54 valence electrons. The van der Waals surface area contributed by atoms with Crippen molar-refractivity contribution < 1.29 is 10.2 Å². The molecule has 1 rings (SSSR count). The molecular weight excluding hydrogens is 116 g/mol. The first-order valence-electron chi connectivity index (χ1n) is 3.40. The summed E-state index contributed by atoms with van der Waals surface area (Å²) in [4.78, 5) is 0. The molecule has 1 fully saturated rings. The van der Waals surface area contributed by atoms with Gasteiger partial charge in [-0.25, -0.2) is 0 Å². The zero-order valence-corrected chi connectivity index (χ0v) is 5.96. The highest BCUT2D eigenvalue weighted by Gasteiger charge is 2.39. The van der Waals surface area contributed by atoms with Crippen LogP contribution in [0.5, 0.6) is 0 Å². The van der Waals surface area contributed by atoms with Gasteiger partial charge in [-0.1, -0.05) is 13.8 Å². The maximum atomic E-state index is 9.28. The van der Waals surface area contributed by atoms with Gasteiger partial charge in [0, 0.05) is 0 Å². The smallest absolute Gasteiger partial charge is 0.0849 e. The first-order chi connectivity index (χ1) is 4.04. The third-order valence-electron chi connectivity index (χ3n) is 2.25. The Morgan fingerprint density at radius 2 is 1.89 bits per heavy atom. The third-order valence-corrected chi connectivity index (χ3v) is 2.25. The third kappa shape index (κ3) is 1.10. The average molecular weight is 130 g/mol. The van der Waals surface area contributed by atoms with E-state index in [2.05, 4.69) is 0 Å². The second-order valence-corrected chi connectivity index (χ2v) is 3.54. The first-order valence-corrected chi connectivity index (χ1v) is 3.40. The maximum absolute atomic E-state index is 9.28. The molecule has 0 radical (unpaired) electrons. The Morgan fingerprint density at radius 1 is 1.33 bits per heavy atom. The molecule has 0 unspecified atom stereocenters. The molecular formula is C7H14O2. The summed E-state index contributed by atoms with van der Waals surface area (Å²) >= 11 is 0. The van der Waals surface area contributed by atoms with Crippen molar-refractivity contribution in [2.75, 3.05) is 0 Å². The summed E-state index contributed by atoms with van der Waals surface area (Å²) in [6, 6.07) is 0. The zero-order chi connectivity index (χ0) is 7.07. The van der Waals surface area contributed by atoms with Crippen LogP contribution >= 0.6 is 0 Å². The van der Waals surface area contributed by atoms with E-state index in [0.29, 0.717) is 0 Å². The van der Waals surface area contributed by atoms with Crippen molar-refractivity contribution in [2.45, 2.75) is 38.9 Å². The highest BCUT2D eigenvalue weighted by atomic mass is 16.3. The number of rotatable bonds is 0.